The number of ether oxygens (including phenoxy) is 2. The maximum atomic E-state index is 12.2. The summed E-state index contributed by atoms with van der Waals surface area (Å²) >= 11 is 0. The van der Waals surface area contributed by atoms with E-state index in [1.165, 1.54) is 38.5 Å². The van der Waals surface area contributed by atoms with Crippen LogP contribution in [0.5, 0.6) is 5.75 Å². The summed E-state index contributed by atoms with van der Waals surface area (Å²) in [6.45, 7) is 2.54. The summed E-state index contributed by atoms with van der Waals surface area (Å²) in [5, 5.41) is 0. The topological polar surface area (TPSA) is 51.1 Å². The SMILES string of the molecule is O=C(COc1ccc(C=Nc2ccc(C34CC5CC(CC(C5)C3)C4)cc2)cc1)N1CCOCC1. The number of hydrogen-bond donors (Lipinski definition) is 0. The van der Waals surface area contributed by atoms with E-state index in [1.54, 1.807) is 10.5 Å². The molecule has 2 aromatic carbocycles. The van der Waals surface area contributed by atoms with Crippen molar-refractivity contribution >= 4 is 17.8 Å². The van der Waals surface area contributed by atoms with Gasteiger partial charge in [-0.25, -0.2) is 0 Å². The highest BCUT2D eigenvalue weighted by atomic mass is 16.5. The Morgan fingerprint density at radius 2 is 1.56 bits per heavy atom. The van der Waals surface area contributed by atoms with Gasteiger partial charge in [-0.3, -0.25) is 9.79 Å². The second-order valence-corrected chi connectivity index (χ2v) is 10.9. The molecule has 0 atom stereocenters. The molecule has 1 heterocycles. The van der Waals surface area contributed by atoms with Crippen LogP contribution >= 0.6 is 0 Å². The quantitative estimate of drug-likeness (QED) is 0.563. The van der Waals surface area contributed by atoms with Crippen molar-refractivity contribution in [2.45, 2.75) is 43.9 Å². The highest BCUT2D eigenvalue weighted by Gasteiger charge is 2.51. The standard InChI is InChI=1S/C29H34N2O3/c32-28(31-9-11-33-12-10-31)20-34-27-7-1-21(2-8-27)19-30-26-5-3-25(4-6-26)29-16-22-13-23(17-29)15-24(14-22)18-29/h1-8,19,22-24H,9-18,20H2. The van der Waals surface area contributed by atoms with E-state index < -0.39 is 0 Å². The number of morpholine rings is 1. The molecule has 4 aliphatic carbocycles. The molecule has 5 aliphatic rings. The number of rotatable bonds is 6. The molecule has 0 unspecified atom stereocenters. The van der Waals surface area contributed by atoms with E-state index in [1.807, 2.05) is 30.5 Å². The molecule has 5 nitrogen and oxygen atoms in total. The van der Waals surface area contributed by atoms with Crippen molar-refractivity contribution in [3.8, 4) is 5.75 Å². The lowest BCUT2D eigenvalue weighted by Crippen LogP contribution is -2.48. The van der Waals surface area contributed by atoms with Gasteiger partial charge in [0.15, 0.2) is 6.61 Å². The van der Waals surface area contributed by atoms with Crippen LogP contribution in [0.15, 0.2) is 53.5 Å². The van der Waals surface area contributed by atoms with Crippen molar-refractivity contribution < 1.29 is 14.3 Å². The van der Waals surface area contributed by atoms with Gasteiger partial charge in [-0.15, -0.1) is 0 Å². The van der Waals surface area contributed by atoms with Crippen LogP contribution in [0.3, 0.4) is 0 Å². The third-order valence-electron chi connectivity index (χ3n) is 8.49. The highest BCUT2D eigenvalue weighted by Crippen LogP contribution is 2.60. The maximum absolute atomic E-state index is 12.2. The Morgan fingerprint density at radius 1 is 0.941 bits per heavy atom. The maximum Gasteiger partial charge on any atom is 0.260 e. The zero-order valence-corrected chi connectivity index (χ0v) is 19.8. The molecule has 1 amide bonds. The monoisotopic (exact) mass is 458 g/mol. The lowest BCUT2D eigenvalue weighted by Gasteiger charge is -2.57. The number of carbonyl (C=O) groups is 1. The van der Waals surface area contributed by atoms with E-state index in [2.05, 4.69) is 24.3 Å². The van der Waals surface area contributed by atoms with Crippen LogP contribution in [0.1, 0.15) is 49.7 Å². The van der Waals surface area contributed by atoms with E-state index in [4.69, 9.17) is 14.5 Å². The number of nitrogens with zero attached hydrogens (tertiary/aromatic N) is 2. The molecule has 0 radical (unpaired) electrons. The minimum absolute atomic E-state index is 0.00549. The van der Waals surface area contributed by atoms with Crippen molar-refractivity contribution in [1.29, 1.82) is 0 Å². The van der Waals surface area contributed by atoms with Crippen molar-refractivity contribution in [3.63, 3.8) is 0 Å². The molecule has 4 saturated carbocycles. The molecule has 5 fully saturated rings. The Labute approximate surface area is 202 Å². The van der Waals surface area contributed by atoms with Gasteiger partial charge in [-0.05, 0) is 109 Å². The fourth-order valence-corrected chi connectivity index (χ4v) is 7.21. The number of hydrogen-bond acceptors (Lipinski definition) is 4. The van der Waals surface area contributed by atoms with Crippen LogP contribution in [0.25, 0.3) is 0 Å². The molecule has 5 heteroatoms. The normalized spacial score (nSPS) is 30.1. The third kappa shape index (κ3) is 4.50. The van der Waals surface area contributed by atoms with Crippen molar-refractivity contribution in [1.82, 2.24) is 4.90 Å². The van der Waals surface area contributed by atoms with E-state index in [0.29, 0.717) is 37.5 Å². The Balaban J connectivity index is 1.05. The van der Waals surface area contributed by atoms with Crippen molar-refractivity contribution in [2.24, 2.45) is 22.7 Å². The third-order valence-corrected chi connectivity index (χ3v) is 8.49. The molecular weight excluding hydrogens is 424 g/mol. The van der Waals surface area contributed by atoms with Gasteiger partial charge in [0.05, 0.1) is 18.9 Å². The molecule has 0 N–H and O–H groups in total. The first-order valence-corrected chi connectivity index (χ1v) is 12.9. The fraction of sp³-hybridized carbons (Fsp3) is 0.517. The Bertz CT molecular complexity index is 1000. The zero-order chi connectivity index (χ0) is 23.0. The smallest absolute Gasteiger partial charge is 0.260 e. The van der Waals surface area contributed by atoms with Crippen LogP contribution in [0.2, 0.25) is 0 Å². The van der Waals surface area contributed by atoms with Crippen LogP contribution < -0.4 is 4.74 Å². The summed E-state index contributed by atoms with van der Waals surface area (Å²) < 4.78 is 11.0. The molecular formula is C29H34N2O3. The predicted molar refractivity (Wildman–Crippen MR) is 133 cm³/mol. The van der Waals surface area contributed by atoms with E-state index >= 15 is 0 Å². The van der Waals surface area contributed by atoms with Crippen molar-refractivity contribution in [2.75, 3.05) is 32.9 Å². The summed E-state index contributed by atoms with van der Waals surface area (Å²) in [5.41, 5.74) is 3.98. The van der Waals surface area contributed by atoms with Gasteiger partial charge in [-0.1, -0.05) is 12.1 Å². The molecule has 0 aromatic heterocycles. The van der Waals surface area contributed by atoms with E-state index in [9.17, 15) is 4.79 Å². The second kappa shape index (κ2) is 9.18. The molecule has 1 saturated heterocycles. The Kier molecular flexibility index (Phi) is 5.90. The summed E-state index contributed by atoms with van der Waals surface area (Å²) in [6, 6.07) is 16.8. The molecule has 178 valence electrons. The van der Waals surface area contributed by atoms with Gasteiger partial charge in [0.2, 0.25) is 0 Å². The highest BCUT2D eigenvalue weighted by molar-refractivity contribution is 5.82. The van der Waals surface area contributed by atoms with Gasteiger partial charge in [0, 0.05) is 19.3 Å². The first kappa shape index (κ1) is 21.8. The number of carbonyl (C=O) groups excluding carboxylic acids is 1. The molecule has 7 rings (SSSR count). The number of benzene rings is 2. The van der Waals surface area contributed by atoms with Gasteiger partial charge in [-0.2, -0.15) is 0 Å². The van der Waals surface area contributed by atoms with Crippen molar-refractivity contribution in [3.05, 3.63) is 59.7 Å². The first-order valence-electron chi connectivity index (χ1n) is 12.9. The Hall–Kier alpha value is -2.66. The van der Waals surface area contributed by atoms with Gasteiger partial charge in [0.1, 0.15) is 5.75 Å². The largest absolute Gasteiger partial charge is 0.484 e. The zero-order valence-electron chi connectivity index (χ0n) is 19.8. The summed E-state index contributed by atoms with van der Waals surface area (Å²) in [4.78, 5) is 18.7. The molecule has 0 spiro atoms. The molecule has 34 heavy (non-hydrogen) atoms. The van der Waals surface area contributed by atoms with Crippen LogP contribution in [0.4, 0.5) is 5.69 Å². The average Bonchev–Trinajstić information content (AvgIpc) is 2.87. The summed E-state index contributed by atoms with van der Waals surface area (Å²) in [5.74, 6) is 3.60. The lowest BCUT2D eigenvalue weighted by atomic mass is 9.48. The van der Waals surface area contributed by atoms with E-state index in [0.717, 1.165) is 29.0 Å². The lowest BCUT2D eigenvalue weighted by molar-refractivity contribution is -0.137. The Morgan fingerprint density at radius 3 is 2.18 bits per heavy atom. The predicted octanol–water partition coefficient (Wildman–Crippen LogP) is 5.14. The van der Waals surface area contributed by atoms with Crippen LogP contribution in [-0.2, 0) is 14.9 Å². The van der Waals surface area contributed by atoms with E-state index in [-0.39, 0.29) is 12.5 Å². The first-order chi connectivity index (χ1) is 16.6. The number of amides is 1. The average molecular weight is 459 g/mol. The molecule has 4 bridgehead atoms. The fourth-order valence-electron chi connectivity index (χ4n) is 7.21. The molecule has 1 aliphatic heterocycles. The number of aliphatic imine (C=N–C) groups is 1. The van der Waals surface area contributed by atoms with Crippen LogP contribution in [-0.4, -0.2) is 49.9 Å². The van der Waals surface area contributed by atoms with Gasteiger partial charge < -0.3 is 14.4 Å². The second-order valence-electron chi connectivity index (χ2n) is 10.9. The van der Waals surface area contributed by atoms with Gasteiger partial charge >= 0.3 is 0 Å². The summed E-state index contributed by atoms with van der Waals surface area (Å²) in [7, 11) is 0. The summed E-state index contributed by atoms with van der Waals surface area (Å²) in [6.07, 6.45) is 10.5. The minimum atomic E-state index is 0.00549. The van der Waals surface area contributed by atoms with Crippen LogP contribution in [0, 0.1) is 17.8 Å². The minimum Gasteiger partial charge on any atom is -0.484 e. The molecule has 2 aromatic rings. The van der Waals surface area contributed by atoms with Gasteiger partial charge in [0.25, 0.3) is 5.91 Å².